The first-order chi connectivity index (χ1) is 12.3. The van der Waals surface area contributed by atoms with Crippen LogP contribution in [0.3, 0.4) is 0 Å². The van der Waals surface area contributed by atoms with Crippen molar-refractivity contribution in [1.29, 1.82) is 0 Å². The Balaban J connectivity index is 1.41. The Kier molecular flexibility index (Phi) is 3.44. The van der Waals surface area contributed by atoms with Crippen molar-refractivity contribution in [2.24, 2.45) is 5.92 Å². The first-order valence-electron chi connectivity index (χ1n) is 9.05. The molecule has 1 fully saturated rings. The second kappa shape index (κ2) is 5.80. The first kappa shape index (κ1) is 14.8. The summed E-state index contributed by atoms with van der Waals surface area (Å²) in [6, 6.07) is 14.4. The van der Waals surface area contributed by atoms with E-state index in [1.54, 1.807) is 0 Å². The average molecular weight is 335 g/mol. The lowest BCUT2D eigenvalue weighted by molar-refractivity contribution is -0.134. The largest absolute Gasteiger partial charge is 0.454 e. The van der Waals surface area contributed by atoms with Crippen molar-refractivity contribution >= 4 is 5.91 Å². The molecule has 0 radical (unpaired) electrons. The Hall–Kier alpha value is -2.49. The van der Waals surface area contributed by atoms with Crippen LogP contribution in [0, 0.1) is 5.92 Å². The van der Waals surface area contributed by atoms with E-state index in [1.807, 2.05) is 29.2 Å². The lowest BCUT2D eigenvalue weighted by atomic mass is 9.91. The average Bonchev–Trinajstić information content (AvgIpc) is 3.37. The molecular weight excluding hydrogens is 314 g/mol. The number of fused-ring (bicyclic) bond motifs is 2. The van der Waals surface area contributed by atoms with Crippen LogP contribution in [0.2, 0.25) is 0 Å². The van der Waals surface area contributed by atoms with Crippen LogP contribution in [0.15, 0.2) is 42.5 Å². The maximum absolute atomic E-state index is 13.3. The molecule has 0 aromatic heterocycles. The number of ether oxygens (including phenoxy) is 2. The predicted molar refractivity (Wildman–Crippen MR) is 93.6 cm³/mol. The van der Waals surface area contributed by atoms with Crippen molar-refractivity contribution in [2.75, 3.05) is 13.3 Å². The summed E-state index contributed by atoms with van der Waals surface area (Å²) in [5.74, 6) is 2.43. The van der Waals surface area contributed by atoms with Gasteiger partial charge in [0.2, 0.25) is 12.7 Å². The van der Waals surface area contributed by atoms with Crippen molar-refractivity contribution in [3.8, 4) is 11.5 Å². The van der Waals surface area contributed by atoms with Gasteiger partial charge in [-0.25, -0.2) is 0 Å². The molecule has 0 N–H and O–H groups in total. The fraction of sp³-hybridized carbons (Fsp3) is 0.381. The zero-order valence-corrected chi connectivity index (χ0v) is 14.1. The molecule has 2 heterocycles. The Bertz CT molecular complexity index is 813. The Morgan fingerprint density at radius 2 is 1.76 bits per heavy atom. The minimum atomic E-state index is 0.0109. The Morgan fingerprint density at radius 3 is 2.48 bits per heavy atom. The number of nitrogens with zero attached hydrogens (tertiary/aromatic N) is 1. The van der Waals surface area contributed by atoms with Crippen molar-refractivity contribution in [1.82, 2.24) is 4.90 Å². The topological polar surface area (TPSA) is 38.8 Å². The molecule has 0 saturated heterocycles. The van der Waals surface area contributed by atoms with Gasteiger partial charge in [-0.05, 0) is 54.0 Å². The number of carbonyl (C=O) groups is 1. The SMILES string of the molecule is O=C(C(c1ccccc1)C1CC1)N1CCc2cc3c(cc2C1)OCO3. The van der Waals surface area contributed by atoms with Gasteiger partial charge in [0.15, 0.2) is 11.5 Å². The number of hydrogen-bond donors (Lipinski definition) is 0. The van der Waals surface area contributed by atoms with Crippen LogP contribution in [0.5, 0.6) is 11.5 Å². The molecule has 5 rings (SSSR count). The van der Waals surface area contributed by atoms with E-state index in [4.69, 9.17) is 9.47 Å². The smallest absolute Gasteiger partial charge is 0.231 e. The van der Waals surface area contributed by atoms with Gasteiger partial charge >= 0.3 is 0 Å². The molecule has 0 bridgehead atoms. The zero-order chi connectivity index (χ0) is 16.8. The lowest BCUT2D eigenvalue weighted by Crippen LogP contribution is -2.39. The molecule has 4 nitrogen and oxygen atoms in total. The minimum absolute atomic E-state index is 0.0109. The van der Waals surface area contributed by atoms with Crippen LogP contribution in [-0.2, 0) is 17.8 Å². The molecule has 2 aromatic rings. The van der Waals surface area contributed by atoms with E-state index in [9.17, 15) is 4.79 Å². The third-order valence-electron chi connectivity index (χ3n) is 5.54. The standard InChI is InChI=1S/C21H21NO3/c23-21(20(15-6-7-15)14-4-2-1-3-5-14)22-9-8-16-10-18-19(25-13-24-18)11-17(16)12-22/h1-5,10-11,15,20H,6-9,12-13H2. The maximum atomic E-state index is 13.3. The lowest BCUT2D eigenvalue weighted by Gasteiger charge is -2.32. The second-order valence-electron chi connectivity index (χ2n) is 7.21. The quantitative estimate of drug-likeness (QED) is 0.862. The molecule has 3 aliphatic rings. The normalized spacial score (nSPS) is 19.4. The van der Waals surface area contributed by atoms with E-state index in [-0.39, 0.29) is 11.8 Å². The van der Waals surface area contributed by atoms with Gasteiger partial charge in [-0.3, -0.25) is 4.79 Å². The van der Waals surface area contributed by atoms with Crippen LogP contribution in [-0.4, -0.2) is 24.1 Å². The molecule has 1 aliphatic carbocycles. The van der Waals surface area contributed by atoms with Gasteiger partial charge in [-0.1, -0.05) is 30.3 Å². The molecule has 1 unspecified atom stereocenters. The van der Waals surface area contributed by atoms with E-state index in [0.717, 1.165) is 42.9 Å². The summed E-state index contributed by atoms with van der Waals surface area (Å²) in [6.07, 6.45) is 3.20. The monoisotopic (exact) mass is 335 g/mol. The Labute approximate surface area is 147 Å². The van der Waals surface area contributed by atoms with Crippen molar-refractivity contribution in [3.63, 3.8) is 0 Å². The Morgan fingerprint density at radius 1 is 1.04 bits per heavy atom. The van der Waals surface area contributed by atoms with E-state index in [0.29, 0.717) is 19.3 Å². The van der Waals surface area contributed by atoms with Gasteiger partial charge in [-0.15, -0.1) is 0 Å². The number of carbonyl (C=O) groups excluding carboxylic acids is 1. The number of amides is 1. The molecule has 2 aliphatic heterocycles. The highest BCUT2D eigenvalue weighted by Gasteiger charge is 2.40. The summed E-state index contributed by atoms with van der Waals surface area (Å²) in [7, 11) is 0. The van der Waals surface area contributed by atoms with Gasteiger partial charge < -0.3 is 14.4 Å². The summed E-state index contributed by atoms with van der Waals surface area (Å²) in [5, 5.41) is 0. The first-order valence-corrected chi connectivity index (χ1v) is 9.05. The summed E-state index contributed by atoms with van der Waals surface area (Å²) in [4.78, 5) is 15.3. The molecule has 2 aromatic carbocycles. The third kappa shape index (κ3) is 2.66. The van der Waals surface area contributed by atoms with E-state index in [2.05, 4.69) is 18.2 Å². The molecule has 1 atom stereocenters. The van der Waals surface area contributed by atoms with Gasteiger partial charge in [0.25, 0.3) is 0 Å². The van der Waals surface area contributed by atoms with E-state index in [1.165, 1.54) is 11.1 Å². The molecule has 4 heteroatoms. The van der Waals surface area contributed by atoms with Gasteiger partial charge in [-0.2, -0.15) is 0 Å². The van der Waals surface area contributed by atoms with Crippen molar-refractivity contribution in [3.05, 3.63) is 59.2 Å². The second-order valence-corrected chi connectivity index (χ2v) is 7.21. The van der Waals surface area contributed by atoms with Crippen LogP contribution >= 0.6 is 0 Å². The molecular formula is C21H21NO3. The maximum Gasteiger partial charge on any atom is 0.231 e. The van der Waals surface area contributed by atoms with Crippen LogP contribution in [0.1, 0.15) is 35.4 Å². The van der Waals surface area contributed by atoms with Crippen molar-refractivity contribution < 1.29 is 14.3 Å². The summed E-state index contributed by atoms with van der Waals surface area (Å²) >= 11 is 0. The molecule has 0 spiro atoms. The molecule has 128 valence electrons. The third-order valence-corrected chi connectivity index (χ3v) is 5.54. The van der Waals surface area contributed by atoms with Crippen molar-refractivity contribution in [2.45, 2.75) is 31.7 Å². The van der Waals surface area contributed by atoms with Crippen LogP contribution in [0.4, 0.5) is 0 Å². The van der Waals surface area contributed by atoms with Crippen LogP contribution in [0.25, 0.3) is 0 Å². The van der Waals surface area contributed by atoms with Gasteiger partial charge in [0.1, 0.15) is 0 Å². The number of hydrogen-bond acceptors (Lipinski definition) is 3. The predicted octanol–water partition coefficient (Wildman–Crippen LogP) is 3.49. The summed E-state index contributed by atoms with van der Waals surface area (Å²) in [5.41, 5.74) is 3.62. The van der Waals surface area contributed by atoms with E-state index < -0.39 is 0 Å². The summed E-state index contributed by atoms with van der Waals surface area (Å²) < 4.78 is 11.0. The molecule has 1 amide bonds. The fourth-order valence-electron chi connectivity index (χ4n) is 4.04. The molecule has 1 saturated carbocycles. The highest BCUT2D eigenvalue weighted by molar-refractivity contribution is 5.84. The fourth-order valence-corrected chi connectivity index (χ4v) is 4.04. The highest BCUT2D eigenvalue weighted by Crippen LogP contribution is 2.44. The summed E-state index contributed by atoms with van der Waals surface area (Å²) in [6.45, 7) is 1.74. The number of rotatable bonds is 3. The number of benzene rings is 2. The van der Waals surface area contributed by atoms with Gasteiger partial charge in [0.05, 0.1) is 5.92 Å². The minimum Gasteiger partial charge on any atom is -0.454 e. The zero-order valence-electron chi connectivity index (χ0n) is 14.1. The molecule has 25 heavy (non-hydrogen) atoms. The van der Waals surface area contributed by atoms with Crippen LogP contribution < -0.4 is 9.47 Å². The van der Waals surface area contributed by atoms with E-state index >= 15 is 0 Å². The van der Waals surface area contributed by atoms with Gasteiger partial charge in [0, 0.05) is 13.1 Å². The highest BCUT2D eigenvalue weighted by atomic mass is 16.7.